The van der Waals surface area contributed by atoms with Crippen molar-refractivity contribution in [2.45, 2.75) is 77.3 Å². The topological polar surface area (TPSA) is 38.7 Å². The molecule has 4 atom stereocenters. The van der Waals surface area contributed by atoms with Crippen LogP contribution in [0.2, 0.25) is 18.1 Å². The average molecular weight is 351 g/mol. The lowest BCUT2D eigenvalue weighted by Gasteiger charge is -2.53. The SMILES string of the molecule is CC1=C[C@H](O[Si](C)(C)C(C)(C)C)[C@@]2(CC1)COCC1=C[C@H](O)C[C@@H]12. The number of allylic oxidation sites excluding steroid dienone is 1. The molecule has 0 aromatic carbocycles. The number of fused-ring (bicyclic) bond motifs is 2. The van der Waals surface area contributed by atoms with Gasteiger partial charge in [0.1, 0.15) is 0 Å². The first kappa shape index (κ1) is 18.4. The van der Waals surface area contributed by atoms with Gasteiger partial charge in [0.2, 0.25) is 0 Å². The van der Waals surface area contributed by atoms with Gasteiger partial charge in [-0.2, -0.15) is 0 Å². The van der Waals surface area contributed by atoms with Gasteiger partial charge >= 0.3 is 0 Å². The maximum absolute atomic E-state index is 10.2. The summed E-state index contributed by atoms with van der Waals surface area (Å²) in [4.78, 5) is 0. The number of hydrogen-bond acceptors (Lipinski definition) is 3. The summed E-state index contributed by atoms with van der Waals surface area (Å²) in [7, 11) is -1.87. The molecule has 0 radical (unpaired) electrons. The van der Waals surface area contributed by atoms with Crippen molar-refractivity contribution in [1.29, 1.82) is 0 Å². The summed E-state index contributed by atoms with van der Waals surface area (Å²) in [6, 6.07) is 0. The summed E-state index contributed by atoms with van der Waals surface area (Å²) < 4.78 is 12.9. The summed E-state index contributed by atoms with van der Waals surface area (Å²) in [5.41, 5.74) is 2.72. The third kappa shape index (κ3) is 3.07. The van der Waals surface area contributed by atoms with Gasteiger partial charge in [-0.25, -0.2) is 0 Å². The van der Waals surface area contributed by atoms with E-state index in [4.69, 9.17) is 9.16 Å². The van der Waals surface area contributed by atoms with E-state index in [0.717, 1.165) is 25.9 Å². The van der Waals surface area contributed by atoms with E-state index < -0.39 is 8.32 Å². The molecule has 0 bridgehead atoms. The summed E-state index contributed by atoms with van der Waals surface area (Å²) in [5.74, 6) is 0.403. The van der Waals surface area contributed by atoms with Gasteiger partial charge in [0.15, 0.2) is 8.32 Å². The lowest BCUT2D eigenvalue weighted by Crippen LogP contribution is -2.55. The lowest BCUT2D eigenvalue weighted by atomic mass is 9.62. The molecule has 1 N–H and O–H groups in total. The molecule has 0 aromatic rings. The highest BCUT2D eigenvalue weighted by molar-refractivity contribution is 6.74. The van der Waals surface area contributed by atoms with Crippen LogP contribution in [0.15, 0.2) is 23.3 Å². The highest BCUT2D eigenvalue weighted by Crippen LogP contribution is 2.54. The van der Waals surface area contributed by atoms with E-state index >= 15 is 0 Å². The molecule has 3 aliphatic rings. The van der Waals surface area contributed by atoms with Crippen LogP contribution in [0.1, 0.15) is 47.0 Å². The van der Waals surface area contributed by atoms with E-state index in [-0.39, 0.29) is 22.7 Å². The fourth-order valence-corrected chi connectivity index (χ4v) is 5.58. The van der Waals surface area contributed by atoms with Crippen LogP contribution < -0.4 is 0 Å². The minimum Gasteiger partial charge on any atom is -0.410 e. The van der Waals surface area contributed by atoms with Crippen LogP contribution in [0.4, 0.5) is 0 Å². The van der Waals surface area contributed by atoms with Crippen molar-refractivity contribution < 1.29 is 14.3 Å². The van der Waals surface area contributed by atoms with Crippen LogP contribution in [0.5, 0.6) is 0 Å². The molecular weight excluding hydrogens is 316 g/mol. The number of aliphatic hydroxyl groups is 1. The first-order chi connectivity index (χ1) is 11.1. The van der Waals surface area contributed by atoms with Crippen molar-refractivity contribution in [3.63, 3.8) is 0 Å². The van der Waals surface area contributed by atoms with E-state index in [2.05, 4.69) is 46.9 Å². The second-order valence-electron chi connectivity index (χ2n) is 9.63. The molecular formula is C20H34O3Si. The Hall–Kier alpha value is -0.423. The zero-order valence-electron chi connectivity index (χ0n) is 16.2. The van der Waals surface area contributed by atoms with Crippen molar-refractivity contribution >= 4 is 8.32 Å². The molecule has 0 saturated carbocycles. The Kier molecular flexibility index (Phi) is 4.65. The van der Waals surface area contributed by atoms with E-state index in [1.807, 2.05) is 6.08 Å². The molecule has 4 heteroatoms. The second-order valence-corrected chi connectivity index (χ2v) is 14.4. The third-order valence-electron chi connectivity index (χ3n) is 6.88. The maximum Gasteiger partial charge on any atom is 0.192 e. The molecule has 0 aromatic heterocycles. The van der Waals surface area contributed by atoms with Crippen LogP contribution in [-0.4, -0.2) is 38.8 Å². The van der Waals surface area contributed by atoms with Crippen molar-refractivity contribution in [1.82, 2.24) is 0 Å². The van der Waals surface area contributed by atoms with Gasteiger partial charge in [-0.1, -0.05) is 38.5 Å². The van der Waals surface area contributed by atoms with Crippen molar-refractivity contribution in [2.24, 2.45) is 11.3 Å². The molecule has 1 heterocycles. The van der Waals surface area contributed by atoms with E-state index in [1.54, 1.807) is 0 Å². The standard InChI is InChI=1S/C20H34O3Si/c1-14-7-8-20(13-22-12-15-10-16(21)11-17(15)20)18(9-14)23-24(5,6)19(2,3)4/h9-10,16-18,21H,7-8,11-13H2,1-6H3/t16-,17-,18-,20-/m0/s1. The van der Waals surface area contributed by atoms with E-state index in [1.165, 1.54) is 11.1 Å². The lowest BCUT2D eigenvalue weighted by molar-refractivity contribution is -0.0828. The summed E-state index contributed by atoms with van der Waals surface area (Å²) in [6.45, 7) is 15.2. The van der Waals surface area contributed by atoms with E-state index in [9.17, 15) is 5.11 Å². The van der Waals surface area contributed by atoms with Gasteiger partial charge in [-0.05, 0) is 55.8 Å². The molecule has 1 spiro atoms. The van der Waals surface area contributed by atoms with Crippen LogP contribution in [-0.2, 0) is 9.16 Å². The molecule has 3 nitrogen and oxygen atoms in total. The smallest absolute Gasteiger partial charge is 0.192 e. The van der Waals surface area contributed by atoms with Crippen LogP contribution in [0.3, 0.4) is 0 Å². The van der Waals surface area contributed by atoms with E-state index in [0.29, 0.717) is 12.5 Å². The Morgan fingerprint density at radius 3 is 2.67 bits per heavy atom. The van der Waals surface area contributed by atoms with Gasteiger partial charge in [-0.15, -0.1) is 0 Å². The van der Waals surface area contributed by atoms with Crippen LogP contribution in [0.25, 0.3) is 0 Å². The first-order valence-electron chi connectivity index (χ1n) is 9.37. The minimum absolute atomic E-state index is 0.00338. The number of aliphatic hydroxyl groups excluding tert-OH is 1. The van der Waals surface area contributed by atoms with Gasteiger partial charge in [-0.3, -0.25) is 0 Å². The Labute approximate surface area is 148 Å². The molecule has 2 aliphatic carbocycles. The summed E-state index contributed by atoms with van der Waals surface area (Å²) >= 11 is 0. The van der Waals surface area contributed by atoms with Gasteiger partial charge < -0.3 is 14.3 Å². The Morgan fingerprint density at radius 1 is 1.29 bits per heavy atom. The maximum atomic E-state index is 10.2. The van der Waals surface area contributed by atoms with Crippen molar-refractivity contribution in [3.05, 3.63) is 23.3 Å². The zero-order chi connectivity index (χ0) is 17.8. The van der Waals surface area contributed by atoms with Crippen molar-refractivity contribution in [2.75, 3.05) is 13.2 Å². The predicted molar refractivity (Wildman–Crippen MR) is 101 cm³/mol. The zero-order valence-corrected chi connectivity index (χ0v) is 17.2. The molecule has 0 unspecified atom stereocenters. The van der Waals surface area contributed by atoms with Gasteiger partial charge in [0, 0.05) is 5.41 Å². The molecule has 0 amide bonds. The predicted octanol–water partition coefficient (Wildman–Crippen LogP) is 4.44. The monoisotopic (exact) mass is 350 g/mol. The van der Waals surface area contributed by atoms with Crippen LogP contribution in [0, 0.1) is 11.3 Å². The van der Waals surface area contributed by atoms with Gasteiger partial charge in [0.05, 0.1) is 25.4 Å². The highest BCUT2D eigenvalue weighted by Gasteiger charge is 2.54. The Balaban J connectivity index is 1.95. The normalized spacial score (nSPS) is 37.2. The summed E-state index contributed by atoms with van der Waals surface area (Å²) in [5, 5.41) is 10.4. The quantitative estimate of drug-likeness (QED) is 0.591. The molecule has 1 fully saturated rings. The summed E-state index contributed by atoms with van der Waals surface area (Å²) in [6.07, 6.45) is 7.23. The molecule has 3 rings (SSSR count). The molecule has 1 saturated heterocycles. The third-order valence-corrected chi connectivity index (χ3v) is 11.3. The Bertz CT molecular complexity index is 558. The highest BCUT2D eigenvalue weighted by atomic mass is 28.4. The molecule has 1 aliphatic heterocycles. The molecule has 136 valence electrons. The minimum atomic E-state index is -1.87. The van der Waals surface area contributed by atoms with Crippen LogP contribution >= 0.6 is 0 Å². The second kappa shape index (κ2) is 6.08. The number of ether oxygens (including phenoxy) is 1. The number of hydrogen-bond donors (Lipinski definition) is 1. The molecule has 24 heavy (non-hydrogen) atoms. The fraction of sp³-hybridized carbons (Fsp3) is 0.800. The van der Waals surface area contributed by atoms with Crippen molar-refractivity contribution in [3.8, 4) is 0 Å². The Morgan fingerprint density at radius 2 is 2.00 bits per heavy atom. The fourth-order valence-electron chi connectivity index (χ4n) is 4.29. The average Bonchev–Trinajstić information content (AvgIpc) is 2.83. The largest absolute Gasteiger partial charge is 0.410 e. The number of rotatable bonds is 2. The van der Waals surface area contributed by atoms with Gasteiger partial charge in [0.25, 0.3) is 0 Å². The first-order valence-corrected chi connectivity index (χ1v) is 12.3.